The van der Waals surface area contributed by atoms with Crippen LogP contribution in [0.4, 0.5) is 5.00 Å². The van der Waals surface area contributed by atoms with Crippen molar-refractivity contribution < 1.29 is 14.3 Å². The summed E-state index contributed by atoms with van der Waals surface area (Å²) in [6.07, 6.45) is 6.68. The zero-order chi connectivity index (χ0) is 16.9. The molecular weight excluding hydrogens is 344 g/mol. The van der Waals surface area contributed by atoms with E-state index in [0.717, 1.165) is 49.3 Å². The average Bonchev–Trinajstić information content (AvgIpc) is 3.20. The fourth-order valence-corrected chi connectivity index (χ4v) is 4.76. The number of esters is 1. The summed E-state index contributed by atoms with van der Waals surface area (Å²) < 4.78 is 10.9. The Labute approximate surface area is 152 Å². The molecular formula is C17H24N2O3S2. The van der Waals surface area contributed by atoms with Gasteiger partial charge in [-0.05, 0) is 63.2 Å². The van der Waals surface area contributed by atoms with Crippen LogP contribution in [0.3, 0.4) is 0 Å². The smallest absolute Gasteiger partial charge is 0.341 e. The molecule has 0 radical (unpaired) electrons. The molecule has 1 aliphatic heterocycles. The van der Waals surface area contributed by atoms with Gasteiger partial charge in [-0.25, -0.2) is 4.79 Å². The molecule has 1 aromatic heterocycles. The maximum atomic E-state index is 12.4. The maximum absolute atomic E-state index is 12.4. The van der Waals surface area contributed by atoms with Crippen LogP contribution in [0.25, 0.3) is 0 Å². The van der Waals surface area contributed by atoms with Crippen LogP contribution in [-0.2, 0) is 22.3 Å². The van der Waals surface area contributed by atoms with E-state index >= 15 is 0 Å². The monoisotopic (exact) mass is 368 g/mol. The molecule has 1 saturated heterocycles. The van der Waals surface area contributed by atoms with Gasteiger partial charge in [-0.3, -0.25) is 0 Å². The third-order valence-electron chi connectivity index (χ3n) is 4.39. The Morgan fingerprint density at radius 3 is 2.96 bits per heavy atom. The number of nitrogens with one attached hydrogen (secondary N) is 2. The minimum absolute atomic E-state index is 0.228. The molecule has 0 amide bonds. The fraction of sp³-hybridized carbons (Fsp3) is 0.647. The summed E-state index contributed by atoms with van der Waals surface area (Å²) in [5.74, 6) is -0.249. The average molecular weight is 369 g/mol. The van der Waals surface area contributed by atoms with Gasteiger partial charge in [-0.1, -0.05) is 0 Å². The van der Waals surface area contributed by atoms with Gasteiger partial charge in [-0.2, -0.15) is 0 Å². The summed E-state index contributed by atoms with van der Waals surface area (Å²) in [6.45, 7) is 3.74. The summed E-state index contributed by atoms with van der Waals surface area (Å²) in [4.78, 5) is 13.7. The second-order valence-electron chi connectivity index (χ2n) is 6.11. The van der Waals surface area contributed by atoms with E-state index in [2.05, 4.69) is 10.6 Å². The Morgan fingerprint density at radius 2 is 2.21 bits per heavy atom. The summed E-state index contributed by atoms with van der Waals surface area (Å²) in [5, 5.41) is 7.76. The summed E-state index contributed by atoms with van der Waals surface area (Å²) in [5.41, 5.74) is 1.83. The SMILES string of the molecule is CCOC(=O)c1c(NC(=S)NC[C@H]2CCCO2)sc2c1CCCC2. The second kappa shape index (κ2) is 8.27. The molecule has 3 rings (SSSR count). The first-order valence-corrected chi connectivity index (χ1v) is 9.89. The van der Waals surface area contributed by atoms with Gasteiger partial charge in [0.2, 0.25) is 0 Å². The van der Waals surface area contributed by atoms with E-state index in [1.54, 1.807) is 11.3 Å². The molecule has 0 aromatic carbocycles. The first kappa shape index (κ1) is 17.6. The van der Waals surface area contributed by atoms with Gasteiger partial charge < -0.3 is 20.1 Å². The number of anilines is 1. The molecule has 7 heteroatoms. The summed E-state index contributed by atoms with van der Waals surface area (Å²) in [6, 6.07) is 0. The van der Waals surface area contributed by atoms with Gasteiger partial charge in [0, 0.05) is 18.0 Å². The molecule has 132 valence electrons. The number of hydrogen-bond acceptors (Lipinski definition) is 5. The molecule has 1 fully saturated rings. The Hall–Kier alpha value is -1.18. The molecule has 0 unspecified atom stereocenters. The van der Waals surface area contributed by atoms with Crippen LogP contribution in [0.5, 0.6) is 0 Å². The zero-order valence-electron chi connectivity index (χ0n) is 14.0. The Kier molecular flexibility index (Phi) is 6.08. The number of thiophene rings is 1. The van der Waals surface area contributed by atoms with Gasteiger partial charge in [0.1, 0.15) is 5.00 Å². The number of rotatable bonds is 5. The van der Waals surface area contributed by atoms with E-state index in [0.29, 0.717) is 23.8 Å². The number of aryl methyl sites for hydroxylation is 1. The summed E-state index contributed by atoms with van der Waals surface area (Å²) in [7, 11) is 0. The predicted molar refractivity (Wildman–Crippen MR) is 100 cm³/mol. The summed E-state index contributed by atoms with van der Waals surface area (Å²) >= 11 is 7.03. The van der Waals surface area contributed by atoms with Crippen LogP contribution < -0.4 is 10.6 Å². The lowest BCUT2D eigenvalue weighted by atomic mass is 9.95. The number of hydrogen-bond donors (Lipinski definition) is 2. The van der Waals surface area contributed by atoms with Crippen LogP contribution in [0, 0.1) is 0 Å². The Bertz CT molecular complexity index is 609. The maximum Gasteiger partial charge on any atom is 0.341 e. The van der Waals surface area contributed by atoms with E-state index in [-0.39, 0.29) is 12.1 Å². The Morgan fingerprint density at radius 1 is 1.38 bits per heavy atom. The standard InChI is InChI=1S/C17H24N2O3S2/c1-2-21-16(20)14-12-7-3-4-8-13(12)24-15(14)19-17(23)18-10-11-6-5-9-22-11/h11H,2-10H2,1H3,(H2,18,19,23)/t11-/m1/s1. The van der Waals surface area contributed by atoms with Crippen molar-refractivity contribution in [1.29, 1.82) is 0 Å². The molecule has 2 aliphatic rings. The Balaban J connectivity index is 1.70. The molecule has 1 aliphatic carbocycles. The van der Waals surface area contributed by atoms with Crippen molar-refractivity contribution in [3.05, 3.63) is 16.0 Å². The molecule has 2 heterocycles. The van der Waals surface area contributed by atoms with Crippen molar-refractivity contribution in [1.82, 2.24) is 5.32 Å². The van der Waals surface area contributed by atoms with Crippen molar-refractivity contribution in [3.8, 4) is 0 Å². The molecule has 0 spiro atoms. The highest BCUT2D eigenvalue weighted by Crippen LogP contribution is 2.38. The topological polar surface area (TPSA) is 59.6 Å². The predicted octanol–water partition coefficient (Wildman–Crippen LogP) is 3.27. The minimum Gasteiger partial charge on any atom is -0.462 e. The molecule has 0 bridgehead atoms. The highest BCUT2D eigenvalue weighted by atomic mass is 32.1. The van der Waals surface area contributed by atoms with E-state index < -0.39 is 0 Å². The first-order valence-electron chi connectivity index (χ1n) is 8.67. The second-order valence-corrected chi connectivity index (χ2v) is 7.62. The lowest BCUT2D eigenvalue weighted by molar-refractivity contribution is 0.0526. The number of ether oxygens (including phenoxy) is 2. The van der Waals surface area contributed by atoms with Crippen LogP contribution in [0.1, 0.15) is 53.4 Å². The highest BCUT2D eigenvalue weighted by Gasteiger charge is 2.27. The van der Waals surface area contributed by atoms with Gasteiger partial charge in [0.25, 0.3) is 0 Å². The molecule has 0 saturated carbocycles. The van der Waals surface area contributed by atoms with E-state index in [4.69, 9.17) is 21.7 Å². The van der Waals surface area contributed by atoms with Crippen molar-refractivity contribution in [2.75, 3.05) is 25.1 Å². The van der Waals surface area contributed by atoms with Crippen molar-refractivity contribution in [2.45, 2.75) is 51.6 Å². The quantitative estimate of drug-likeness (QED) is 0.614. The number of thiocarbonyl (C=S) groups is 1. The van der Waals surface area contributed by atoms with Crippen molar-refractivity contribution >= 4 is 39.6 Å². The van der Waals surface area contributed by atoms with Gasteiger partial charge in [0.15, 0.2) is 5.11 Å². The van der Waals surface area contributed by atoms with Gasteiger partial charge >= 0.3 is 5.97 Å². The third-order valence-corrected chi connectivity index (χ3v) is 5.85. The molecule has 1 atom stereocenters. The zero-order valence-corrected chi connectivity index (χ0v) is 15.6. The van der Waals surface area contributed by atoms with Crippen LogP contribution >= 0.6 is 23.6 Å². The molecule has 1 aromatic rings. The number of fused-ring (bicyclic) bond motifs is 1. The molecule has 2 N–H and O–H groups in total. The number of carbonyl (C=O) groups excluding carboxylic acids is 1. The minimum atomic E-state index is -0.249. The van der Waals surface area contributed by atoms with Gasteiger partial charge in [0.05, 0.1) is 18.3 Å². The molecule has 5 nitrogen and oxygen atoms in total. The molecule has 24 heavy (non-hydrogen) atoms. The lowest BCUT2D eigenvalue weighted by Crippen LogP contribution is -2.35. The highest BCUT2D eigenvalue weighted by molar-refractivity contribution is 7.80. The van der Waals surface area contributed by atoms with E-state index in [9.17, 15) is 4.79 Å². The third kappa shape index (κ3) is 4.07. The normalized spacial score (nSPS) is 19.6. The van der Waals surface area contributed by atoms with Crippen molar-refractivity contribution in [2.24, 2.45) is 0 Å². The van der Waals surface area contributed by atoms with E-state index in [1.807, 2.05) is 6.92 Å². The number of carbonyl (C=O) groups is 1. The lowest BCUT2D eigenvalue weighted by Gasteiger charge is -2.14. The largest absolute Gasteiger partial charge is 0.462 e. The van der Waals surface area contributed by atoms with Crippen molar-refractivity contribution in [3.63, 3.8) is 0 Å². The van der Waals surface area contributed by atoms with Crippen LogP contribution in [0.15, 0.2) is 0 Å². The fourth-order valence-electron chi connectivity index (χ4n) is 3.23. The van der Waals surface area contributed by atoms with E-state index in [1.165, 1.54) is 11.3 Å². The first-order chi connectivity index (χ1) is 11.7. The van der Waals surface area contributed by atoms with Crippen LogP contribution in [0.2, 0.25) is 0 Å². The van der Waals surface area contributed by atoms with Gasteiger partial charge in [-0.15, -0.1) is 11.3 Å². The van der Waals surface area contributed by atoms with Crippen LogP contribution in [-0.4, -0.2) is 36.9 Å².